The van der Waals surface area contributed by atoms with Gasteiger partial charge in [0.05, 0.1) is 13.2 Å². The Labute approximate surface area is 164 Å². The van der Waals surface area contributed by atoms with E-state index >= 15 is 0 Å². The van der Waals surface area contributed by atoms with Gasteiger partial charge in [-0.15, -0.1) is 0 Å². The van der Waals surface area contributed by atoms with Gasteiger partial charge in [0, 0.05) is 5.56 Å². The summed E-state index contributed by atoms with van der Waals surface area (Å²) in [7, 11) is 0. The molecule has 1 unspecified atom stereocenters. The van der Waals surface area contributed by atoms with Crippen molar-refractivity contribution < 1.29 is 39.7 Å². The highest BCUT2D eigenvalue weighted by Gasteiger charge is 2.45. The van der Waals surface area contributed by atoms with Crippen LogP contribution in [0.1, 0.15) is 35.6 Å². The van der Waals surface area contributed by atoms with Gasteiger partial charge in [0.1, 0.15) is 41.5 Å². The fraction of sp³-hybridized carbons (Fsp3) is 0.700. The summed E-state index contributed by atoms with van der Waals surface area (Å²) in [6.45, 7) is 7.07. The summed E-state index contributed by atoms with van der Waals surface area (Å²) >= 11 is 0. The number of rotatable bonds is 4. The Balaban J connectivity index is 1.74. The Kier molecular flexibility index (Phi) is 5.91. The molecule has 8 heteroatoms. The lowest BCUT2D eigenvalue weighted by molar-refractivity contribution is -0.307. The van der Waals surface area contributed by atoms with Crippen molar-refractivity contribution in [1.82, 2.24) is 0 Å². The van der Waals surface area contributed by atoms with Crippen molar-refractivity contribution in [2.75, 3.05) is 13.2 Å². The Bertz CT molecular complexity index is 734. The van der Waals surface area contributed by atoms with Crippen LogP contribution >= 0.6 is 0 Å². The fourth-order valence-electron chi connectivity index (χ4n) is 3.86. The highest BCUT2D eigenvalue weighted by molar-refractivity contribution is 5.58. The summed E-state index contributed by atoms with van der Waals surface area (Å²) in [5, 5.41) is 49.5. The number of aliphatic hydroxyl groups excluding tert-OH is 4. The van der Waals surface area contributed by atoms with Crippen LogP contribution in [0.4, 0.5) is 0 Å². The Morgan fingerprint density at radius 2 is 1.71 bits per heavy atom. The van der Waals surface area contributed by atoms with Crippen LogP contribution in [0.2, 0.25) is 0 Å². The summed E-state index contributed by atoms with van der Waals surface area (Å²) in [6.07, 6.45) is -5.23. The molecule has 2 heterocycles. The first kappa shape index (κ1) is 21.3. The molecule has 0 spiro atoms. The summed E-state index contributed by atoms with van der Waals surface area (Å²) in [5.74, 6) is 1.03. The third kappa shape index (κ3) is 3.60. The molecule has 0 aliphatic carbocycles. The van der Waals surface area contributed by atoms with E-state index in [2.05, 4.69) is 0 Å². The number of hydrogen-bond acceptors (Lipinski definition) is 8. The van der Waals surface area contributed by atoms with Crippen LogP contribution in [0, 0.1) is 20.8 Å². The topological polar surface area (TPSA) is 129 Å². The van der Waals surface area contributed by atoms with Crippen LogP contribution in [0.15, 0.2) is 0 Å². The zero-order chi connectivity index (χ0) is 20.8. The van der Waals surface area contributed by atoms with Crippen LogP contribution in [0.5, 0.6) is 11.5 Å². The molecule has 0 bridgehead atoms. The van der Waals surface area contributed by atoms with E-state index in [9.17, 15) is 25.5 Å². The van der Waals surface area contributed by atoms with Gasteiger partial charge in [0.2, 0.25) is 0 Å². The zero-order valence-corrected chi connectivity index (χ0v) is 16.7. The third-order valence-electron chi connectivity index (χ3n) is 5.99. The van der Waals surface area contributed by atoms with Gasteiger partial charge < -0.3 is 39.7 Å². The second kappa shape index (κ2) is 7.78. The molecule has 2 aliphatic rings. The van der Waals surface area contributed by atoms with Crippen molar-refractivity contribution in [2.45, 2.75) is 76.8 Å². The number of phenols is 1. The molecule has 6 atom stereocenters. The van der Waals surface area contributed by atoms with E-state index in [1.807, 2.05) is 27.7 Å². The zero-order valence-electron chi connectivity index (χ0n) is 16.7. The highest BCUT2D eigenvalue weighted by atomic mass is 16.7. The molecule has 2 aliphatic heterocycles. The number of aromatic hydroxyl groups is 1. The summed E-state index contributed by atoms with van der Waals surface area (Å²) in [5.41, 5.74) is 2.74. The largest absolute Gasteiger partial charge is 0.507 e. The van der Waals surface area contributed by atoms with Crippen molar-refractivity contribution in [2.24, 2.45) is 0 Å². The van der Waals surface area contributed by atoms with Gasteiger partial charge in [-0.1, -0.05) is 0 Å². The van der Waals surface area contributed by atoms with Crippen molar-refractivity contribution >= 4 is 0 Å². The van der Waals surface area contributed by atoms with Crippen LogP contribution in [-0.2, 0) is 15.9 Å². The normalized spacial score (nSPS) is 35.4. The van der Waals surface area contributed by atoms with Gasteiger partial charge in [-0.2, -0.15) is 0 Å². The lowest BCUT2D eigenvalue weighted by Gasteiger charge is -2.42. The smallest absolute Gasteiger partial charge is 0.186 e. The predicted octanol–water partition coefficient (Wildman–Crippen LogP) is 0.218. The first-order chi connectivity index (χ1) is 13.1. The number of aliphatic hydroxyl groups is 4. The molecular formula is C20H30O8. The average molecular weight is 398 g/mol. The van der Waals surface area contributed by atoms with Crippen molar-refractivity contribution in [3.8, 4) is 11.5 Å². The minimum Gasteiger partial charge on any atom is -0.507 e. The summed E-state index contributed by atoms with van der Waals surface area (Å²) in [6, 6.07) is 0. The Hall–Kier alpha value is -1.42. The molecule has 0 saturated carbocycles. The standard InChI is InChI=1S/C20H30O8/c1-9-10(2)18-12(11(3)14(9)22)5-6-20(4,28-18)8-26-19-17(25)16(24)15(23)13(7-21)27-19/h13,15-17,19,21-25H,5-8H2,1-4H3/t13-,15-,16+,17-,19+,20?/m1/s1. The number of fused-ring (bicyclic) bond motifs is 1. The molecule has 28 heavy (non-hydrogen) atoms. The lowest BCUT2D eigenvalue weighted by Crippen LogP contribution is -2.60. The van der Waals surface area contributed by atoms with Crippen LogP contribution in [-0.4, -0.2) is 75.1 Å². The van der Waals surface area contributed by atoms with Gasteiger partial charge in [-0.25, -0.2) is 0 Å². The molecule has 1 fully saturated rings. The molecule has 0 radical (unpaired) electrons. The maximum atomic E-state index is 10.3. The predicted molar refractivity (Wildman–Crippen MR) is 99.4 cm³/mol. The molecule has 1 aromatic rings. The molecular weight excluding hydrogens is 368 g/mol. The van der Waals surface area contributed by atoms with Gasteiger partial charge in [-0.05, 0) is 57.2 Å². The van der Waals surface area contributed by atoms with Crippen molar-refractivity contribution in [3.05, 3.63) is 22.3 Å². The fourth-order valence-corrected chi connectivity index (χ4v) is 3.86. The molecule has 8 nitrogen and oxygen atoms in total. The SMILES string of the molecule is Cc1c(C)c2c(c(C)c1O)CCC(C)(CO[C@H]1O[C@H](CO)[C@@H](O)[C@H](O)[C@H]1O)O2. The second-order valence-electron chi connectivity index (χ2n) is 8.09. The molecule has 3 rings (SSSR count). The number of benzene rings is 1. The van der Waals surface area contributed by atoms with E-state index in [4.69, 9.17) is 14.2 Å². The van der Waals surface area contributed by atoms with Crippen LogP contribution in [0.3, 0.4) is 0 Å². The van der Waals surface area contributed by atoms with E-state index in [0.29, 0.717) is 18.6 Å². The van der Waals surface area contributed by atoms with Crippen LogP contribution in [0.25, 0.3) is 0 Å². The first-order valence-electron chi connectivity index (χ1n) is 9.52. The number of hydrogen-bond donors (Lipinski definition) is 5. The number of phenolic OH excluding ortho intramolecular Hbond substituents is 1. The maximum Gasteiger partial charge on any atom is 0.186 e. The molecule has 158 valence electrons. The van der Waals surface area contributed by atoms with Crippen LogP contribution < -0.4 is 4.74 Å². The van der Waals surface area contributed by atoms with Gasteiger partial charge >= 0.3 is 0 Å². The van der Waals surface area contributed by atoms with Crippen molar-refractivity contribution in [3.63, 3.8) is 0 Å². The quantitative estimate of drug-likeness (QED) is 0.487. The Morgan fingerprint density at radius 1 is 1.04 bits per heavy atom. The molecule has 5 N–H and O–H groups in total. The minimum absolute atomic E-state index is 0.0769. The molecule has 1 aromatic carbocycles. The van der Waals surface area contributed by atoms with E-state index in [0.717, 1.165) is 28.0 Å². The molecule has 0 amide bonds. The van der Waals surface area contributed by atoms with E-state index in [1.54, 1.807) is 0 Å². The monoisotopic (exact) mass is 398 g/mol. The van der Waals surface area contributed by atoms with Gasteiger partial charge in [0.15, 0.2) is 6.29 Å². The third-order valence-corrected chi connectivity index (χ3v) is 5.99. The molecule has 0 aromatic heterocycles. The summed E-state index contributed by atoms with van der Waals surface area (Å²) < 4.78 is 17.4. The highest BCUT2D eigenvalue weighted by Crippen LogP contribution is 2.43. The maximum absolute atomic E-state index is 10.3. The second-order valence-corrected chi connectivity index (χ2v) is 8.09. The first-order valence-corrected chi connectivity index (χ1v) is 9.52. The van der Waals surface area contributed by atoms with E-state index in [-0.39, 0.29) is 6.61 Å². The molecule has 1 saturated heterocycles. The van der Waals surface area contributed by atoms with E-state index < -0.39 is 42.9 Å². The lowest BCUT2D eigenvalue weighted by atomic mass is 9.87. The van der Waals surface area contributed by atoms with Gasteiger partial charge in [0.25, 0.3) is 0 Å². The average Bonchev–Trinajstić information content (AvgIpc) is 2.68. The van der Waals surface area contributed by atoms with Crippen molar-refractivity contribution in [1.29, 1.82) is 0 Å². The van der Waals surface area contributed by atoms with Gasteiger partial charge in [-0.3, -0.25) is 0 Å². The van der Waals surface area contributed by atoms with E-state index in [1.165, 1.54) is 0 Å². The number of ether oxygens (including phenoxy) is 3. The summed E-state index contributed by atoms with van der Waals surface area (Å²) in [4.78, 5) is 0. The minimum atomic E-state index is -1.48. The Morgan fingerprint density at radius 3 is 2.36 bits per heavy atom.